The molecular formula is C34H39N3O3. The van der Waals surface area contributed by atoms with Crippen molar-refractivity contribution in [2.75, 3.05) is 26.1 Å². The third kappa shape index (κ3) is 5.54. The summed E-state index contributed by atoms with van der Waals surface area (Å²) in [5, 5.41) is 3.42. The van der Waals surface area contributed by atoms with E-state index in [-0.39, 0.29) is 11.9 Å². The number of amides is 2. The number of methoxy groups -OCH3 is 1. The Bertz CT molecular complexity index is 1400. The van der Waals surface area contributed by atoms with Gasteiger partial charge >= 0.3 is 0 Å². The number of nitrogens with zero attached hydrogens (tertiary/aromatic N) is 2. The number of nitrogens with one attached hydrogen (secondary N) is 1. The van der Waals surface area contributed by atoms with E-state index in [2.05, 4.69) is 41.4 Å². The van der Waals surface area contributed by atoms with Crippen LogP contribution in [-0.4, -0.2) is 50.5 Å². The van der Waals surface area contributed by atoms with Crippen molar-refractivity contribution < 1.29 is 14.3 Å². The van der Waals surface area contributed by atoms with Gasteiger partial charge in [-0.25, -0.2) is 0 Å². The fourth-order valence-electron chi connectivity index (χ4n) is 6.19. The van der Waals surface area contributed by atoms with Gasteiger partial charge < -0.3 is 19.9 Å². The molecule has 1 N–H and O–H groups in total. The maximum atomic E-state index is 14.3. The molecule has 2 aliphatic carbocycles. The standard InChI is InChI=1S/C34H39N3O3/c1-23-31-8-6-5-7-26(31)20-32(23)34(39)37(30-16-12-28(35-2)13-17-30)21-27-19-25(11-18-33(27)40-4)24-9-14-29(15-10-24)36(3)22-38/h5-11,14-15,18-19,22,28,30,35H,12-13,16-17,20-21H2,1-4H3/t28-,30+. The molecule has 1 fully saturated rings. The maximum absolute atomic E-state index is 14.3. The van der Waals surface area contributed by atoms with Gasteiger partial charge in [0, 0.05) is 48.9 Å². The Morgan fingerprint density at radius 1 is 1.00 bits per heavy atom. The number of fused-ring (bicyclic) bond motifs is 1. The van der Waals surface area contributed by atoms with Gasteiger partial charge in [0.1, 0.15) is 5.75 Å². The number of anilines is 1. The Morgan fingerprint density at radius 2 is 1.70 bits per heavy atom. The van der Waals surface area contributed by atoms with E-state index < -0.39 is 0 Å². The largest absolute Gasteiger partial charge is 0.496 e. The Morgan fingerprint density at radius 3 is 2.35 bits per heavy atom. The van der Waals surface area contributed by atoms with E-state index >= 15 is 0 Å². The summed E-state index contributed by atoms with van der Waals surface area (Å²) >= 11 is 0. The van der Waals surface area contributed by atoms with Gasteiger partial charge in [-0.1, -0.05) is 42.5 Å². The van der Waals surface area contributed by atoms with Crippen molar-refractivity contribution >= 4 is 23.6 Å². The number of hydrogen-bond donors (Lipinski definition) is 1. The molecule has 0 bridgehead atoms. The first kappa shape index (κ1) is 27.7. The summed E-state index contributed by atoms with van der Waals surface area (Å²) in [5.41, 5.74) is 8.33. The average Bonchev–Trinajstić information content (AvgIpc) is 3.35. The summed E-state index contributed by atoms with van der Waals surface area (Å²) in [6.07, 6.45) is 5.55. The number of allylic oxidation sites excluding steroid dienone is 1. The molecule has 0 radical (unpaired) electrons. The second-order valence-electron chi connectivity index (χ2n) is 11.0. The van der Waals surface area contributed by atoms with Gasteiger partial charge in [0.15, 0.2) is 0 Å². The average molecular weight is 538 g/mol. The molecule has 0 aliphatic heterocycles. The van der Waals surface area contributed by atoms with E-state index in [1.165, 1.54) is 11.1 Å². The lowest BCUT2D eigenvalue weighted by molar-refractivity contribution is -0.131. The van der Waals surface area contributed by atoms with Crippen LogP contribution in [0.5, 0.6) is 5.75 Å². The van der Waals surface area contributed by atoms with E-state index in [9.17, 15) is 9.59 Å². The lowest BCUT2D eigenvalue weighted by Crippen LogP contribution is -2.45. The minimum Gasteiger partial charge on any atom is -0.496 e. The summed E-state index contributed by atoms with van der Waals surface area (Å²) in [6.45, 7) is 2.58. The summed E-state index contributed by atoms with van der Waals surface area (Å²) in [6, 6.07) is 23.1. The van der Waals surface area contributed by atoms with Crippen LogP contribution in [0, 0.1) is 0 Å². The van der Waals surface area contributed by atoms with Crippen LogP contribution in [0.1, 0.15) is 49.3 Å². The fraction of sp³-hybridized carbons (Fsp3) is 0.353. The predicted molar refractivity (Wildman–Crippen MR) is 161 cm³/mol. The topological polar surface area (TPSA) is 61.9 Å². The molecule has 0 saturated heterocycles. The highest BCUT2D eigenvalue weighted by Gasteiger charge is 2.33. The molecule has 3 aromatic rings. The van der Waals surface area contributed by atoms with Crippen LogP contribution < -0.4 is 15.0 Å². The van der Waals surface area contributed by atoms with E-state index in [1.807, 2.05) is 49.5 Å². The van der Waals surface area contributed by atoms with Crippen LogP contribution in [-0.2, 0) is 22.6 Å². The minimum absolute atomic E-state index is 0.135. The number of benzene rings is 3. The zero-order valence-corrected chi connectivity index (χ0v) is 23.9. The van der Waals surface area contributed by atoms with E-state index in [0.29, 0.717) is 19.0 Å². The van der Waals surface area contributed by atoms with Crippen molar-refractivity contribution in [3.63, 3.8) is 0 Å². The zero-order valence-electron chi connectivity index (χ0n) is 23.9. The Labute approximate surface area is 237 Å². The molecule has 0 spiro atoms. The molecule has 0 unspecified atom stereocenters. The van der Waals surface area contributed by atoms with Crippen LogP contribution >= 0.6 is 0 Å². The molecule has 6 nitrogen and oxygen atoms in total. The first-order chi connectivity index (χ1) is 19.4. The van der Waals surface area contributed by atoms with E-state index in [1.54, 1.807) is 19.1 Å². The van der Waals surface area contributed by atoms with Crippen molar-refractivity contribution in [3.8, 4) is 16.9 Å². The van der Waals surface area contributed by atoms with E-state index in [4.69, 9.17) is 4.74 Å². The molecule has 5 rings (SSSR count). The third-order valence-corrected chi connectivity index (χ3v) is 8.69. The highest BCUT2D eigenvalue weighted by Crippen LogP contribution is 2.36. The summed E-state index contributed by atoms with van der Waals surface area (Å²) in [4.78, 5) is 29.2. The Kier molecular flexibility index (Phi) is 8.36. The lowest BCUT2D eigenvalue weighted by atomic mass is 9.89. The van der Waals surface area contributed by atoms with Crippen molar-refractivity contribution in [2.24, 2.45) is 0 Å². The predicted octanol–water partition coefficient (Wildman–Crippen LogP) is 5.84. The van der Waals surface area contributed by atoms with Crippen molar-refractivity contribution in [2.45, 2.75) is 57.7 Å². The number of rotatable bonds is 9. The van der Waals surface area contributed by atoms with Gasteiger partial charge in [-0.2, -0.15) is 0 Å². The zero-order chi connectivity index (χ0) is 28.2. The fourth-order valence-corrected chi connectivity index (χ4v) is 6.19. The molecule has 2 aliphatic rings. The minimum atomic E-state index is 0.135. The Hall–Kier alpha value is -3.90. The van der Waals surface area contributed by atoms with Gasteiger partial charge in [0.05, 0.1) is 7.11 Å². The SMILES string of the molecule is CN[C@H]1CC[C@@H](N(Cc2cc(-c3ccc(N(C)C=O)cc3)ccc2OC)C(=O)C2=C(C)c3ccccc3C2)CC1. The summed E-state index contributed by atoms with van der Waals surface area (Å²) in [5.74, 6) is 0.915. The molecule has 208 valence electrons. The molecule has 3 aromatic carbocycles. The van der Waals surface area contributed by atoms with Gasteiger partial charge in [-0.15, -0.1) is 0 Å². The molecular weight excluding hydrogens is 498 g/mol. The van der Waals surface area contributed by atoms with Crippen LogP contribution in [0.25, 0.3) is 16.7 Å². The normalized spacial score (nSPS) is 18.3. The second-order valence-corrected chi connectivity index (χ2v) is 11.0. The number of carbonyl (C=O) groups is 2. The second kappa shape index (κ2) is 12.1. The monoisotopic (exact) mass is 537 g/mol. The summed E-state index contributed by atoms with van der Waals surface area (Å²) < 4.78 is 5.80. The van der Waals surface area contributed by atoms with Crippen molar-refractivity contribution in [3.05, 3.63) is 89.0 Å². The molecule has 6 heteroatoms. The smallest absolute Gasteiger partial charge is 0.250 e. The highest BCUT2D eigenvalue weighted by molar-refractivity contribution is 6.04. The Balaban J connectivity index is 1.48. The molecule has 0 aromatic heterocycles. The van der Waals surface area contributed by atoms with Gasteiger partial charge in [0.2, 0.25) is 6.41 Å². The number of carbonyl (C=O) groups excluding carboxylic acids is 2. The molecule has 0 heterocycles. The van der Waals surface area contributed by atoms with Crippen LogP contribution in [0.2, 0.25) is 0 Å². The molecule has 2 amide bonds. The van der Waals surface area contributed by atoms with Crippen LogP contribution in [0.4, 0.5) is 5.69 Å². The van der Waals surface area contributed by atoms with Crippen molar-refractivity contribution in [1.29, 1.82) is 0 Å². The van der Waals surface area contributed by atoms with Gasteiger partial charge in [-0.3, -0.25) is 9.59 Å². The first-order valence-corrected chi connectivity index (χ1v) is 14.1. The number of hydrogen-bond acceptors (Lipinski definition) is 4. The van der Waals surface area contributed by atoms with Crippen LogP contribution in [0.15, 0.2) is 72.3 Å². The molecule has 0 atom stereocenters. The van der Waals surface area contributed by atoms with Crippen LogP contribution in [0.3, 0.4) is 0 Å². The van der Waals surface area contributed by atoms with E-state index in [0.717, 1.165) is 71.4 Å². The third-order valence-electron chi connectivity index (χ3n) is 8.69. The quantitative estimate of drug-likeness (QED) is 0.348. The molecule has 40 heavy (non-hydrogen) atoms. The first-order valence-electron chi connectivity index (χ1n) is 14.1. The maximum Gasteiger partial charge on any atom is 0.250 e. The van der Waals surface area contributed by atoms with Gasteiger partial charge in [0.25, 0.3) is 5.91 Å². The lowest BCUT2D eigenvalue weighted by Gasteiger charge is -2.37. The number of ether oxygens (including phenoxy) is 1. The summed E-state index contributed by atoms with van der Waals surface area (Å²) in [7, 11) is 5.45. The van der Waals surface area contributed by atoms with Gasteiger partial charge in [-0.05, 0) is 91.7 Å². The molecule has 1 saturated carbocycles. The van der Waals surface area contributed by atoms with Crippen molar-refractivity contribution in [1.82, 2.24) is 10.2 Å². The highest BCUT2D eigenvalue weighted by atomic mass is 16.5.